The summed E-state index contributed by atoms with van der Waals surface area (Å²) in [6.07, 6.45) is -2.22. The summed E-state index contributed by atoms with van der Waals surface area (Å²) >= 11 is 0. The Morgan fingerprint density at radius 1 is 1.18 bits per heavy atom. The van der Waals surface area contributed by atoms with Crippen molar-refractivity contribution < 1.29 is 13.2 Å². The molecule has 1 aromatic rings. The molecule has 17 heavy (non-hydrogen) atoms. The lowest BCUT2D eigenvalue weighted by Crippen LogP contribution is -2.14. The minimum Gasteiger partial charge on any atom is -0.398 e. The SMILES string of the molecule is CC.Cc1c(C(F)(F)F)nc2c(c1N)CCC2. The number of fused-ring (bicyclic) bond motifs is 1. The third-order valence-corrected chi connectivity index (χ3v) is 2.79. The molecular weight excluding hydrogens is 229 g/mol. The predicted octanol–water partition coefficient (Wildman–Crippen LogP) is 3.51. The Balaban J connectivity index is 0.000000686. The van der Waals surface area contributed by atoms with Gasteiger partial charge < -0.3 is 5.73 Å². The molecule has 0 atom stereocenters. The van der Waals surface area contributed by atoms with Crippen LogP contribution in [0.3, 0.4) is 0 Å². The van der Waals surface area contributed by atoms with E-state index >= 15 is 0 Å². The zero-order valence-corrected chi connectivity index (χ0v) is 10.3. The number of rotatable bonds is 0. The van der Waals surface area contributed by atoms with Gasteiger partial charge in [0.05, 0.1) is 0 Å². The third-order valence-electron chi connectivity index (χ3n) is 2.79. The van der Waals surface area contributed by atoms with E-state index in [9.17, 15) is 13.2 Å². The van der Waals surface area contributed by atoms with Gasteiger partial charge in [-0.05, 0) is 31.7 Å². The molecule has 0 aromatic carbocycles. The minimum absolute atomic E-state index is 0.0585. The monoisotopic (exact) mass is 246 g/mol. The molecule has 0 radical (unpaired) electrons. The molecule has 0 saturated heterocycles. The van der Waals surface area contributed by atoms with Crippen molar-refractivity contribution in [2.45, 2.75) is 46.2 Å². The number of aromatic nitrogens is 1. The van der Waals surface area contributed by atoms with Gasteiger partial charge in [-0.15, -0.1) is 0 Å². The van der Waals surface area contributed by atoms with Crippen LogP contribution in [0.4, 0.5) is 18.9 Å². The molecule has 1 heterocycles. The fourth-order valence-corrected chi connectivity index (χ4v) is 1.99. The molecular formula is C12H17F3N2. The van der Waals surface area contributed by atoms with E-state index in [1.165, 1.54) is 6.92 Å². The van der Waals surface area contributed by atoms with Gasteiger partial charge >= 0.3 is 6.18 Å². The molecule has 0 fully saturated rings. The van der Waals surface area contributed by atoms with Crippen LogP contribution in [0.1, 0.15) is 42.8 Å². The summed E-state index contributed by atoms with van der Waals surface area (Å²) in [4.78, 5) is 3.68. The smallest absolute Gasteiger partial charge is 0.398 e. The minimum atomic E-state index is -4.41. The first-order valence-electron chi connectivity index (χ1n) is 5.76. The molecule has 5 heteroatoms. The molecule has 1 aliphatic carbocycles. The van der Waals surface area contributed by atoms with Crippen LogP contribution in [0.25, 0.3) is 0 Å². The van der Waals surface area contributed by atoms with Crippen LogP contribution in [0.5, 0.6) is 0 Å². The van der Waals surface area contributed by atoms with Crippen LogP contribution in [-0.4, -0.2) is 4.98 Å². The highest BCUT2D eigenvalue weighted by Crippen LogP contribution is 2.37. The van der Waals surface area contributed by atoms with Crippen molar-refractivity contribution >= 4 is 5.69 Å². The molecule has 1 aromatic heterocycles. The normalized spacial score (nSPS) is 14.0. The maximum absolute atomic E-state index is 12.6. The summed E-state index contributed by atoms with van der Waals surface area (Å²) in [5, 5.41) is 0. The van der Waals surface area contributed by atoms with Crippen LogP contribution in [0.2, 0.25) is 0 Å². The van der Waals surface area contributed by atoms with E-state index in [0.29, 0.717) is 12.1 Å². The Morgan fingerprint density at radius 3 is 2.29 bits per heavy atom. The lowest BCUT2D eigenvalue weighted by atomic mass is 10.1. The lowest BCUT2D eigenvalue weighted by Gasteiger charge is -2.14. The summed E-state index contributed by atoms with van der Waals surface area (Å²) in [7, 11) is 0. The largest absolute Gasteiger partial charge is 0.433 e. The molecule has 0 spiro atoms. The average molecular weight is 246 g/mol. The topological polar surface area (TPSA) is 38.9 Å². The maximum atomic E-state index is 12.6. The maximum Gasteiger partial charge on any atom is 0.433 e. The van der Waals surface area contributed by atoms with Crippen LogP contribution in [-0.2, 0) is 19.0 Å². The molecule has 0 unspecified atom stereocenters. The summed E-state index contributed by atoms with van der Waals surface area (Å²) in [6, 6.07) is 0. The van der Waals surface area contributed by atoms with Crippen LogP contribution < -0.4 is 5.73 Å². The number of nitrogen functional groups attached to an aromatic ring is 1. The van der Waals surface area contributed by atoms with Gasteiger partial charge in [0.25, 0.3) is 0 Å². The summed E-state index contributed by atoms with van der Waals surface area (Å²) in [5.74, 6) is 0. The van der Waals surface area contributed by atoms with Gasteiger partial charge in [0, 0.05) is 16.9 Å². The summed E-state index contributed by atoms with van der Waals surface area (Å²) in [5.41, 5.74) is 6.51. The van der Waals surface area contributed by atoms with E-state index in [1.807, 2.05) is 13.8 Å². The Labute approximate surface area is 99.0 Å². The van der Waals surface area contributed by atoms with E-state index in [4.69, 9.17) is 5.73 Å². The summed E-state index contributed by atoms with van der Waals surface area (Å²) < 4.78 is 37.7. The lowest BCUT2D eigenvalue weighted by molar-refractivity contribution is -0.141. The van der Waals surface area contributed by atoms with Gasteiger partial charge in [-0.3, -0.25) is 0 Å². The molecule has 0 aliphatic heterocycles. The second-order valence-corrected chi connectivity index (χ2v) is 3.78. The predicted molar refractivity (Wildman–Crippen MR) is 61.8 cm³/mol. The number of halogens is 3. The fraction of sp³-hybridized carbons (Fsp3) is 0.583. The van der Waals surface area contributed by atoms with Crippen LogP contribution in [0, 0.1) is 6.92 Å². The molecule has 0 saturated carbocycles. The van der Waals surface area contributed by atoms with E-state index in [0.717, 1.165) is 18.4 Å². The van der Waals surface area contributed by atoms with E-state index in [1.54, 1.807) is 0 Å². The molecule has 0 bridgehead atoms. The quantitative estimate of drug-likeness (QED) is 0.760. The Morgan fingerprint density at radius 2 is 1.76 bits per heavy atom. The number of aryl methyl sites for hydroxylation is 1. The Hall–Kier alpha value is -1.26. The number of hydrogen-bond donors (Lipinski definition) is 1. The van der Waals surface area contributed by atoms with Gasteiger partial charge in [-0.1, -0.05) is 13.8 Å². The van der Waals surface area contributed by atoms with Crippen molar-refractivity contribution in [1.29, 1.82) is 0 Å². The third kappa shape index (κ3) is 2.53. The highest BCUT2D eigenvalue weighted by molar-refractivity contribution is 5.58. The van der Waals surface area contributed by atoms with Gasteiger partial charge in [0.15, 0.2) is 0 Å². The van der Waals surface area contributed by atoms with Crippen molar-refractivity contribution in [3.8, 4) is 0 Å². The van der Waals surface area contributed by atoms with Crippen LogP contribution in [0.15, 0.2) is 0 Å². The number of pyridine rings is 1. The molecule has 96 valence electrons. The fourth-order valence-electron chi connectivity index (χ4n) is 1.99. The van der Waals surface area contributed by atoms with Gasteiger partial charge in [-0.25, -0.2) is 4.98 Å². The highest BCUT2D eigenvalue weighted by Gasteiger charge is 2.37. The Kier molecular flexibility index (Phi) is 4.01. The first-order valence-corrected chi connectivity index (χ1v) is 5.76. The standard InChI is InChI=1S/C10H11F3N2.C2H6/c1-5-8(14)6-3-2-4-7(6)15-9(5)10(11,12)13;1-2/h2-4H2,1H3,(H2,14,15);1-2H3. The average Bonchev–Trinajstić information content (AvgIpc) is 2.73. The first-order chi connectivity index (χ1) is 7.91. The van der Waals surface area contributed by atoms with Crippen molar-refractivity contribution in [3.05, 3.63) is 22.5 Å². The second kappa shape index (κ2) is 4.94. The van der Waals surface area contributed by atoms with E-state index < -0.39 is 11.9 Å². The molecule has 2 N–H and O–H groups in total. The van der Waals surface area contributed by atoms with E-state index in [-0.39, 0.29) is 11.3 Å². The number of anilines is 1. The van der Waals surface area contributed by atoms with Gasteiger partial charge in [0.1, 0.15) is 5.69 Å². The number of hydrogen-bond acceptors (Lipinski definition) is 2. The molecule has 1 aliphatic rings. The molecule has 2 nitrogen and oxygen atoms in total. The number of nitrogens with zero attached hydrogens (tertiary/aromatic N) is 1. The zero-order valence-electron chi connectivity index (χ0n) is 10.3. The van der Waals surface area contributed by atoms with Crippen LogP contribution >= 0.6 is 0 Å². The second-order valence-electron chi connectivity index (χ2n) is 3.78. The van der Waals surface area contributed by atoms with Gasteiger partial charge in [0.2, 0.25) is 0 Å². The van der Waals surface area contributed by atoms with Gasteiger partial charge in [-0.2, -0.15) is 13.2 Å². The van der Waals surface area contributed by atoms with Crippen molar-refractivity contribution in [2.24, 2.45) is 0 Å². The van der Waals surface area contributed by atoms with Crippen molar-refractivity contribution in [3.63, 3.8) is 0 Å². The highest BCUT2D eigenvalue weighted by atomic mass is 19.4. The zero-order chi connectivity index (χ0) is 13.2. The van der Waals surface area contributed by atoms with Crippen molar-refractivity contribution in [2.75, 3.05) is 5.73 Å². The molecule has 2 rings (SSSR count). The molecule has 0 amide bonds. The number of nitrogens with two attached hydrogens (primary N) is 1. The van der Waals surface area contributed by atoms with Crippen molar-refractivity contribution in [1.82, 2.24) is 4.98 Å². The Bertz CT molecular complexity index is 411. The summed E-state index contributed by atoms with van der Waals surface area (Å²) in [6.45, 7) is 5.38. The van der Waals surface area contributed by atoms with E-state index in [2.05, 4.69) is 4.98 Å². The first kappa shape index (κ1) is 13.8. The number of alkyl halides is 3.